The second-order valence-corrected chi connectivity index (χ2v) is 6.17. The van der Waals surface area contributed by atoms with Crippen molar-refractivity contribution < 1.29 is 9.53 Å². The van der Waals surface area contributed by atoms with E-state index in [2.05, 4.69) is 18.7 Å². The maximum Gasteiger partial charge on any atom is 0.167 e. The van der Waals surface area contributed by atoms with Crippen LogP contribution in [-0.2, 0) is 16.0 Å². The molecule has 1 aromatic rings. The van der Waals surface area contributed by atoms with E-state index >= 15 is 0 Å². The minimum atomic E-state index is -0.363. The number of hydrogen-bond donors (Lipinski definition) is 0. The first-order chi connectivity index (χ1) is 9.47. The summed E-state index contributed by atoms with van der Waals surface area (Å²) >= 11 is 12.0. The van der Waals surface area contributed by atoms with Crippen molar-refractivity contribution in [2.45, 2.75) is 32.4 Å². The van der Waals surface area contributed by atoms with Crippen molar-refractivity contribution in [2.75, 3.05) is 19.7 Å². The first-order valence-corrected chi connectivity index (χ1v) is 7.55. The van der Waals surface area contributed by atoms with Crippen LogP contribution in [0.5, 0.6) is 0 Å². The molecule has 1 aliphatic heterocycles. The summed E-state index contributed by atoms with van der Waals surface area (Å²) in [5.74, 6) is 0.0690. The third-order valence-electron chi connectivity index (χ3n) is 3.57. The third-order valence-corrected chi connectivity index (χ3v) is 4.15. The average molecular weight is 316 g/mol. The molecule has 0 aromatic heterocycles. The number of ketones is 1. The maximum atomic E-state index is 12.3. The van der Waals surface area contributed by atoms with Crippen molar-refractivity contribution in [2.24, 2.45) is 0 Å². The van der Waals surface area contributed by atoms with Gasteiger partial charge in [-0.25, -0.2) is 0 Å². The molecule has 5 heteroatoms. The largest absolute Gasteiger partial charge is 0.368 e. The number of hydrogen-bond acceptors (Lipinski definition) is 3. The van der Waals surface area contributed by atoms with Gasteiger partial charge in [0.25, 0.3) is 0 Å². The minimum Gasteiger partial charge on any atom is -0.368 e. The fraction of sp³-hybridized carbons (Fsp3) is 0.533. The predicted molar refractivity (Wildman–Crippen MR) is 81.6 cm³/mol. The molecule has 0 radical (unpaired) electrons. The Balaban J connectivity index is 2.00. The lowest BCUT2D eigenvalue weighted by molar-refractivity contribution is -0.136. The lowest BCUT2D eigenvalue weighted by Crippen LogP contribution is -2.49. The van der Waals surface area contributed by atoms with Gasteiger partial charge in [0.1, 0.15) is 6.10 Å². The lowest BCUT2D eigenvalue weighted by atomic mass is 10.0. The molecule has 0 amide bonds. The summed E-state index contributed by atoms with van der Waals surface area (Å²) in [6, 6.07) is 5.63. The predicted octanol–water partition coefficient (Wildman–Crippen LogP) is 3.21. The maximum absolute atomic E-state index is 12.3. The highest BCUT2D eigenvalue weighted by atomic mass is 35.5. The quantitative estimate of drug-likeness (QED) is 0.854. The molecule has 20 heavy (non-hydrogen) atoms. The molecule has 3 nitrogen and oxygen atoms in total. The molecule has 1 fully saturated rings. The van der Waals surface area contributed by atoms with Crippen molar-refractivity contribution in [3.63, 3.8) is 0 Å². The standard InChI is InChI=1S/C15H19Cl2NO2/c1-10(2)18-5-6-20-15(9-18)14(19)7-11-3-4-12(16)8-13(11)17/h3-4,8,10,15H,5-7,9H2,1-2H3. The summed E-state index contributed by atoms with van der Waals surface area (Å²) in [6.45, 7) is 6.39. The molecule has 0 N–H and O–H groups in total. The van der Waals surface area contributed by atoms with Gasteiger partial charge in [-0.3, -0.25) is 9.69 Å². The normalized spacial score (nSPS) is 20.4. The van der Waals surface area contributed by atoms with E-state index in [4.69, 9.17) is 27.9 Å². The number of halogens is 2. The van der Waals surface area contributed by atoms with E-state index in [9.17, 15) is 4.79 Å². The SMILES string of the molecule is CC(C)N1CCOC(C(=O)Cc2ccc(Cl)cc2Cl)C1. The molecular formula is C15H19Cl2NO2. The summed E-state index contributed by atoms with van der Waals surface area (Å²) in [6.07, 6.45) is -0.0787. The molecule has 1 atom stereocenters. The first-order valence-electron chi connectivity index (χ1n) is 6.79. The van der Waals surface area contributed by atoms with Crippen LogP contribution >= 0.6 is 23.2 Å². The Labute approximate surface area is 129 Å². The molecule has 0 spiro atoms. The van der Waals surface area contributed by atoms with E-state index in [-0.39, 0.29) is 18.3 Å². The molecule has 0 aliphatic carbocycles. The number of rotatable bonds is 4. The highest BCUT2D eigenvalue weighted by molar-refractivity contribution is 6.35. The molecule has 0 bridgehead atoms. The monoisotopic (exact) mass is 315 g/mol. The van der Waals surface area contributed by atoms with Crippen LogP contribution in [0.4, 0.5) is 0 Å². The molecule has 1 saturated heterocycles. The highest BCUT2D eigenvalue weighted by Crippen LogP contribution is 2.22. The van der Waals surface area contributed by atoms with Crippen LogP contribution in [0.3, 0.4) is 0 Å². The zero-order valence-electron chi connectivity index (χ0n) is 11.7. The number of ether oxygens (including phenoxy) is 1. The molecule has 110 valence electrons. The Bertz CT molecular complexity index is 491. The molecule has 1 aliphatic rings. The van der Waals surface area contributed by atoms with Crippen LogP contribution in [0.1, 0.15) is 19.4 Å². The number of benzene rings is 1. The van der Waals surface area contributed by atoms with Gasteiger partial charge >= 0.3 is 0 Å². The number of nitrogens with zero attached hydrogens (tertiary/aromatic N) is 1. The Kier molecular flexibility index (Phi) is 5.44. The van der Waals surface area contributed by atoms with Gasteiger partial charge in [0.15, 0.2) is 5.78 Å². The van der Waals surface area contributed by atoms with E-state index in [1.54, 1.807) is 18.2 Å². The van der Waals surface area contributed by atoms with Crippen LogP contribution in [0.25, 0.3) is 0 Å². The van der Waals surface area contributed by atoms with Gasteiger partial charge in [-0.05, 0) is 31.5 Å². The minimum absolute atomic E-state index is 0.0690. The lowest BCUT2D eigenvalue weighted by Gasteiger charge is -2.34. The summed E-state index contributed by atoms with van der Waals surface area (Å²) in [4.78, 5) is 14.6. The molecule has 2 rings (SSSR count). The Hall–Kier alpha value is -0.610. The van der Waals surface area contributed by atoms with Crippen molar-refractivity contribution >= 4 is 29.0 Å². The van der Waals surface area contributed by atoms with Gasteiger partial charge in [-0.1, -0.05) is 29.3 Å². The number of morpholine rings is 1. The van der Waals surface area contributed by atoms with Gasteiger partial charge in [-0.15, -0.1) is 0 Å². The molecular weight excluding hydrogens is 297 g/mol. The van der Waals surface area contributed by atoms with Crippen molar-refractivity contribution in [3.8, 4) is 0 Å². The third kappa shape index (κ3) is 3.95. The van der Waals surface area contributed by atoms with E-state index in [0.717, 1.165) is 12.1 Å². The summed E-state index contributed by atoms with van der Waals surface area (Å²) in [7, 11) is 0. The van der Waals surface area contributed by atoms with E-state index < -0.39 is 0 Å². The summed E-state index contributed by atoms with van der Waals surface area (Å²) in [5, 5.41) is 1.11. The van der Waals surface area contributed by atoms with Gasteiger partial charge in [-0.2, -0.15) is 0 Å². The van der Waals surface area contributed by atoms with E-state index in [1.807, 2.05) is 0 Å². The van der Waals surface area contributed by atoms with Crippen LogP contribution < -0.4 is 0 Å². The average Bonchev–Trinajstić information content (AvgIpc) is 2.42. The highest BCUT2D eigenvalue weighted by Gasteiger charge is 2.27. The first kappa shape index (κ1) is 15.8. The van der Waals surface area contributed by atoms with Crippen LogP contribution in [0.15, 0.2) is 18.2 Å². The Morgan fingerprint density at radius 2 is 2.20 bits per heavy atom. The van der Waals surface area contributed by atoms with Crippen molar-refractivity contribution in [3.05, 3.63) is 33.8 Å². The molecule has 1 unspecified atom stereocenters. The second kappa shape index (κ2) is 6.90. The molecule has 1 aromatic carbocycles. The van der Waals surface area contributed by atoms with Crippen LogP contribution in [0.2, 0.25) is 10.0 Å². The zero-order chi connectivity index (χ0) is 14.7. The van der Waals surface area contributed by atoms with Crippen LogP contribution in [0, 0.1) is 0 Å². The number of Topliss-reactive ketones (excluding diaryl/α,β-unsaturated/α-hetero) is 1. The van der Waals surface area contributed by atoms with Crippen molar-refractivity contribution in [1.29, 1.82) is 0 Å². The fourth-order valence-corrected chi connectivity index (χ4v) is 2.77. The summed E-state index contributed by atoms with van der Waals surface area (Å²) < 4.78 is 5.60. The second-order valence-electron chi connectivity index (χ2n) is 5.33. The Morgan fingerprint density at radius 3 is 2.85 bits per heavy atom. The van der Waals surface area contributed by atoms with Gasteiger partial charge < -0.3 is 4.74 Å². The van der Waals surface area contributed by atoms with Crippen LogP contribution in [-0.4, -0.2) is 42.5 Å². The fourth-order valence-electron chi connectivity index (χ4n) is 2.30. The van der Waals surface area contributed by atoms with Gasteiger partial charge in [0, 0.05) is 35.6 Å². The number of carbonyl (C=O) groups excluding carboxylic acids is 1. The summed E-state index contributed by atoms with van der Waals surface area (Å²) in [5.41, 5.74) is 0.798. The van der Waals surface area contributed by atoms with E-state index in [0.29, 0.717) is 29.2 Å². The van der Waals surface area contributed by atoms with Gasteiger partial charge in [0.05, 0.1) is 6.61 Å². The topological polar surface area (TPSA) is 29.5 Å². The number of carbonyl (C=O) groups is 1. The molecule has 0 saturated carbocycles. The van der Waals surface area contributed by atoms with Crippen molar-refractivity contribution in [1.82, 2.24) is 4.90 Å². The van der Waals surface area contributed by atoms with Gasteiger partial charge in [0.2, 0.25) is 0 Å². The zero-order valence-corrected chi connectivity index (χ0v) is 13.2. The smallest absolute Gasteiger partial charge is 0.167 e. The Morgan fingerprint density at radius 1 is 1.45 bits per heavy atom. The van der Waals surface area contributed by atoms with E-state index in [1.165, 1.54) is 0 Å². The molecule has 1 heterocycles.